The van der Waals surface area contributed by atoms with E-state index in [9.17, 15) is 0 Å². The van der Waals surface area contributed by atoms with Gasteiger partial charge in [0, 0.05) is 17.2 Å². The van der Waals surface area contributed by atoms with E-state index in [2.05, 4.69) is 64.2 Å². The summed E-state index contributed by atoms with van der Waals surface area (Å²) in [5, 5.41) is 9.99. The van der Waals surface area contributed by atoms with E-state index in [1.54, 1.807) is 18.9 Å². The molecular formula is C21H23N3OS. The number of methoxy groups -OCH3 is 1. The van der Waals surface area contributed by atoms with Crippen molar-refractivity contribution in [3.05, 3.63) is 71.0 Å². The lowest BCUT2D eigenvalue weighted by molar-refractivity contribution is 0.411. The summed E-state index contributed by atoms with van der Waals surface area (Å²) in [5.41, 5.74) is 3.72. The van der Waals surface area contributed by atoms with Crippen LogP contribution in [0.15, 0.2) is 53.7 Å². The van der Waals surface area contributed by atoms with Crippen LogP contribution in [-0.2, 0) is 12.3 Å². The number of rotatable bonds is 7. The zero-order valence-corrected chi connectivity index (χ0v) is 16.0. The van der Waals surface area contributed by atoms with Gasteiger partial charge in [0.05, 0.1) is 13.7 Å². The molecule has 0 atom stereocenters. The van der Waals surface area contributed by atoms with E-state index in [1.807, 2.05) is 6.07 Å². The Labute approximate surface area is 158 Å². The van der Waals surface area contributed by atoms with Gasteiger partial charge in [-0.1, -0.05) is 59.8 Å². The second-order valence-electron chi connectivity index (χ2n) is 6.79. The quantitative estimate of drug-likeness (QED) is 0.563. The molecule has 2 aromatic carbocycles. The molecular weight excluding hydrogens is 342 g/mol. The zero-order chi connectivity index (χ0) is 17.9. The molecule has 4 rings (SSSR count). The topological polar surface area (TPSA) is 39.9 Å². The van der Waals surface area contributed by atoms with Crippen LogP contribution in [0.2, 0.25) is 0 Å². The minimum atomic E-state index is 0.578. The third kappa shape index (κ3) is 3.78. The van der Waals surface area contributed by atoms with Gasteiger partial charge in [0.15, 0.2) is 5.16 Å². The van der Waals surface area contributed by atoms with Crippen molar-refractivity contribution in [2.24, 2.45) is 0 Å². The fraction of sp³-hybridized carbons (Fsp3) is 0.333. The molecule has 1 aromatic heterocycles. The van der Waals surface area contributed by atoms with Gasteiger partial charge < -0.3 is 9.30 Å². The molecule has 1 heterocycles. The fourth-order valence-electron chi connectivity index (χ4n) is 3.13. The first-order chi connectivity index (χ1) is 12.7. The summed E-state index contributed by atoms with van der Waals surface area (Å²) < 4.78 is 7.80. The van der Waals surface area contributed by atoms with Gasteiger partial charge in [0.1, 0.15) is 11.6 Å². The maximum atomic E-state index is 5.51. The van der Waals surface area contributed by atoms with Crippen LogP contribution in [0.3, 0.4) is 0 Å². The van der Waals surface area contributed by atoms with Crippen LogP contribution in [0.25, 0.3) is 0 Å². The second kappa shape index (κ2) is 7.54. The summed E-state index contributed by atoms with van der Waals surface area (Å²) in [7, 11) is 1.72. The molecule has 0 radical (unpaired) electrons. The maximum absolute atomic E-state index is 5.51. The van der Waals surface area contributed by atoms with Crippen molar-refractivity contribution in [1.82, 2.24) is 14.8 Å². The summed E-state index contributed by atoms with van der Waals surface area (Å²) in [6.07, 6.45) is 2.45. The summed E-state index contributed by atoms with van der Waals surface area (Å²) in [6, 6.07) is 16.8. The second-order valence-corrected chi connectivity index (χ2v) is 7.73. The van der Waals surface area contributed by atoms with E-state index in [0.29, 0.717) is 5.92 Å². The van der Waals surface area contributed by atoms with E-state index >= 15 is 0 Å². The third-order valence-electron chi connectivity index (χ3n) is 4.66. The summed E-state index contributed by atoms with van der Waals surface area (Å²) in [6.45, 7) is 2.93. The van der Waals surface area contributed by atoms with E-state index in [1.165, 1.54) is 29.5 Å². The molecule has 0 amide bonds. The van der Waals surface area contributed by atoms with Gasteiger partial charge in [-0.15, -0.1) is 10.2 Å². The van der Waals surface area contributed by atoms with Crippen LogP contribution in [0.1, 0.15) is 41.3 Å². The van der Waals surface area contributed by atoms with Gasteiger partial charge in [-0.2, -0.15) is 0 Å². The van der Waals surface area contributed by atoms with E-state index in [-0.39, 0.29) is 0 Å². The Hall–Kier alpha value is -2.27. The fourth-order valence-corrected chi connectivity index (χ4v) is 4.05. The molecule has 0 spiro atoms. The molecule has 3 aromatic rings. The predicted octanol–water partition coefficient (Wildman–Crippen LogP) is 4.81. The number of ether oxygens (including phenoxy) is 1. The van der Waals surface area contributed by atoms with E-state index < -0.39 is 0 Å². The number of thioether (sulfide) groups is 1. The predicted molar refractivity (Wildman–Crippen MR) is 105 cm³/mol. The minimum absolute atomic E-state index is 0.578. The minimum Gasteiger partial charge on any atom is -0.496 e. The Morgan fingerprint density at radius 1 is 1.12 bits per heavy atom. The smallest absolute Gasteiger partial charge is 0.191 e. The van der Waals surface area contributed by atoms with Gasteiger partial charge >= 0.3 is 0 Å². The molecule has 0 bridgehead atoms. The van der Waals surface area contributed by atoms with E-state index in [0.717, 1.165) is 29.0 Å². The van der Waals surface area contributed by atoms with Crippen LogP contribution in [0, 0.1) is 6.92 Å². The highest BCUT2D eigenvalue weighted by molar-refractivity contribution is 7.98. The molecule has 5 heteroatoms. The normalized spacial score (nSPS) is 13.8. The van der Waals surface area contributed by atoms with Crippen molar-refractivity contribution in [2.75, 3.05) is 7.11 Å². The van der Waals surface area contributed by atoms with E-state index in [4.69, 9.17) is 4.74 Å². The van der Waals surface area contributed by atoms with Crippen molar-refractivity contribution < 1.29 is 4.74 Å². The van der Waals surface area contributed by atoms with Gasteiger partial charge in [-0.05, 0) is 31.4 Å². The Balaban J connectivity index is 1.58. The van der Waals surface area contributed by atoms with Crippen molar-refractivity contribution in [1.29, 1.82) is 0 Å². The number of hydrogen-bond donors (Lipinski definition) is 0. The third-order valence-corrected chi connectivity index (χ3v) is 5.68. The number of nitrogens with zero attached hydrogens (tertiary/aromatic N) is 3. The van der Waals surface area contributed by atoms with Gasteiger partial charge in [-0.25, -0.2) is 0 Å². The average Bonchev–Trinajstić information content (AvgIpc) is 3.43. The lowest BCUT2D eigenvalue weighted by Gasteiger charge is -2.12. The molecule has 0 aliphatic heterocycles. The van der Waals surface area contributed by atoms with Crippen molar-refractivity contribution >= 4 is 11.8 Å². The summed E-state index contributed by atoms with van der Waals surface area (Å²) in [4.78, 5) is 0. The van der Waals surface area contributed by atoms with Crippen molar-refractivity contribution in [3.63, 3.8) is 0 Å². The first-order valence-corrected chi connectivity index (χ1v) is 9.96. The summed E-state index contributed by atoms with van der Waals surface area (Å²) >= 11 is 1.73. The molecule has 26 heavy (non-hydrogen) atoms. The SMILES string of the molecule is COc1ccc(C)cc1CSc1nnc(C2CC2)n1Cc1ccccc1. The molecule has 134 valence electrons. The van der Waals surface area contributed by atoms with Crippen LogP contribution in [-0.4, -0.2) is 21.9 Å². The van der Waals surface area contributed by atoms with Crippen molar-refractivity contribution in [3.8, 4) is 5.75 Å². The molecule has 0 saturated heterocycles. The highest BCUT2D eigenvalue weighted by Crippen LogP contribution is 2.40. The molecule has 0 unspecified atom stereocenters. The summed E-state index contributed by atoms with van der Waals surface area (Å²) in [5.74, 6) is 3.46. The lowest BCUT2D eigenvalue weighted by atomic mass is 10.1. The van der Waals surface area contributed by atoms with Crippen LogP contribution >= 0.6 is 11.8 Å². The number of benzene rings is 2. The van der Waals surface area contributed by atoms with Crippen LogP contribution in [0.4, 0.5) is 0 Å². The zero-order valence-electron chi connectivity index (χ0n) is 15.2. The Morgan fingerprint density at radius 2 is 1.92 bits per heavy atom. The van der Waals surface area contributed by atoms with Crippen molar-refractivity contribution in [2.45, 2.75) is 43.1 Å². The average molecular weight is 366 g/mol. The maximum Gasteiger partial charge on any atom is 0.191 e. The molecule has 1 fully saturated rings. The number of aromatic nitrogens is 3. The largest absolute Gasteiger partial charge is 0.496 e. The first-order valence-electron chi connectivity index (χ1n) is 8.98. The van der Waals surface area contributed by atoms with Gasteiger partial charge in [0.25, 0.3) is 0 Å². The monoisotopic (exact) mass is 365 g/mol. The Kier molecular flexibility index (Phi) is 4.98. The van der Waals surface area contributed by atoms with Crippen LogP contribution in [0.5, 0.6) is 5.75 Å². The number of aryl methyl sites for hydroxylation is 1. The number of hydrogen-bond acceptors (Lipinski definition) is 4. The molecule has 4 nitrogen and oxygen atoms in total. The molecule has 1 aliphatic carbocycles. The van der Waals surface area contributed by atoms with Gasteiger partial charge in [-0.3, -0.25) is 0 Å². The highest BCUT2D eigenvalue weighted by atomic mass is 32.2. The lowest BCUT2D eigenvalue weighted by Crippen LogP contribution is -2.06. The molecule has 1 saturated carbocycles. The molecule has 0 N–H and O–H groups in total. The van der Waals surface area contributed by atoms with Crippen LogP contribution < -0.4 is 4.74 Å². The Morgan fingerprint density at radius 3 is 2.65 bits per heavy atom. The highest BCUT2D eigenvalue weighted by Gasteiger charge is 2.30. The first kappa shape index (κ1) is 17.2. The Bertz CT molecular complexity index is 888. The van der Waals surface area contributed by atoms with Gasteiger partial charge in [0.2, 0.25) is 0 Å². The standard InChI is InChI=1S/C21H23N3OS/c1-15-8-11-19(25-2)18(12-15)14-26-21-23-22-20(17-9-10-17)24(21)13-16-6-4-3-5-7-16/h3-8,11-12,17H,9-10,13-14H2,1-2H3. The molecule has 1 aliphatic rings.